The molecule has 0 aliphatic carbocycles. The number of amides is 1. The minimum absolute atomic E-state index is 0.291. The van der Waals surface area contributed by atoms with E-state index in [0.717, 1.165) is 16.7 Å². The van der Waals surface area contributed by atoms with E-state index in [-0.39, 0.29) is 13.2 Å². The molecule has 0 saturated heterocycles. The average Bonchev–Trinajstić information content (AvgIpc) is 2.78. The molecule has 0 radical (unpaired) electrons. The molecular weight excluding hydrogens is 394 g/mol. The number of nitrogens with one attached hydrogen (secondary N) is 1. The van der Waals surface area contributed by atoms with Crippen molar-refractivity contribution in [2.75, 3.05) is 18.5 Å². The highest BCUT2D eigenvalue weighted by molar-refractivity contribution is 5.93. The largest absolute Gasteiger partial charge is 0.489 e. The normalized spacial score (nSPS) is 10.3. The number of aryl methyl sites for hydroxylation is 2. The molecule has 31 heavy (non-hydrogen) atoms. The highest BCUT2D eigenvalue weighted by atomic mass is 16.6. The lowest BCUT2D eigenvalue weighted by Gasteiger charge is -2.10. The zero-order valence-corrected chi connectivity index (χ0v) is 17.6. The van der Waals surface area contributed by atoms with E-state index in [4.69, 9.17) is 14.2 Å². The second kappa shape index (κ2) is 10.8. The second-order valence-corrected chi connectivity index (χ2v) is 7.06. The SMILES string of the molecule is Cc1ccc(NC(=O)COC(=O)COc2ccc(OCc3ccccc3)cc2)c(C)c1. The molecular formula is C25H25NO5. The van der Waals surface area contributed by atoms with Crippen LogP contribution < -0.4 is 14.8 Å². The predicted octanol–water partition coefficient (Wildman–Crippen LogP) is 4.44. The van der Waals surface area contributed by atoms with Crippen molar-refractivity contribution >= 4 is 17.6 Å². The third-order valence-electron chi connectivity index (χ3n) is 4.45. The Labute approximate surface area is 181 Å². The van der Waals surface area contributed by atoms with Crippen LogP contribution in [0.4, 0.5) is 5.69 Å². The van der Waals surface area contributed by atoms with Crippen molar-refractivity contribution in [3.8, 4) is 11.5 Å². The number of rotatable bonds is 9. The van der Waals surface area contributed by atoms with Crippen molar-refractivity contribution in [3.05, 3.63) is 89.5 Å². The first kappa shape index (κ1) is 21.9. The molecule has 0 heterocycles. The van der Waals surface area contributed by atoms with E-state index in [2.05, 4.69) is 5.32 Å². The molecule has 0 atom stereocenters. The van der Waals surface area contributed by atoms with Crippen molar-refractivity contribution < 1.29 is 23.8 Å². The first-order valence-corrected chi connectivity index (χ1v) is 9.92. The van der Waals surface area contributed by atoms with Gasteiger partial charge in [-0.1, -0.05) is 48.0 Å². The fraction of sp³-hybridized carbons (Fsp3) is 0.200. The summed E-state index contributed by atoms with van der Waals surface area (Å²) in [5.74, 6) is 0.172. The number of ether oxygens (including phenoxy) is 3. The maximum absolute atomic E-state index is 12.0. The van der Waals surface area contributed by atoms with Gasteiger partial charge in [-0.3, -0.25) is 4.79 Å². The first-order chi connectivity index (χ1) is 15.0. The van der Waals surface area contributed by atoms with E-state index < -0.39 is 11.9 Å². The van der Waals surface area contributed by atoms with Crippen LogP contribution in [-0.4, -0.2) is 25.1 Å². The van der Waals surface area contributed by atoms with E-state index in [1.807, 2.05) is 62.4 Å². The van der Waals surface area contributed by atoms with Crippen LogP contribution in [0.3, 0.4) is 0 Å². The molecule has 0 unspecified atom stereocenters. The number of esters is 1. The lowest BCUT2D eigenvalue weighted by molar-refractivity contribution is -0.149. The molecule has 0 saturated carbocycles. The van der Waals surface area contributed by atoms with Gasteiger partial charge in [-0.2, -0.15) is 0 Å². The lowest BCUT2D eigenvalue weighted by atomic mass is 10.1. The Balaban J connectivity index is 1.37. The summed E-state index contributed by atoms with van der Waals surface area (Å²) in [7, 11) is 0. The summed E-state index contributed by atoms with van der Waals surface area (Å²) in [6.07, 6.45) is 0. The molecule has 3 rings (SSSR count). The van der Waals surface area contributed by atoms with E-state index in [1.54, 1.807) is 24.3 Å². The number of hydrogen-bond donors (Lipinski definition) is 1. The van der Waals surface area contributed by atoms with E-state index in [9.17, 15) is 9.59 Å². The topological polar surface area (TPSA) is 73.9 Å². The number of carbonyl (C=O) groups is 2. The molecule has 0 aliphatic heterocycles. The maximum Gasteiger partial charge on any atom is 0.344 e. The second-order valence-electron chi connectivity index (χ2n) is 7.06. The number of benzene rings is 3. The predicted molar refractivity (Wildman–Crippen MR) is 118 cm³/mol. The molecule has 1 N–H and O–H groups in total. The molecule has 0 aliphatic rings. The van der Waals surface area contributed by atoms with Crippen LogP contribution in [0.2, 0.25) is 0 Å². The van der Waals surface area contributed by atoms with Gasteiger partial charge in [0.2, 0.25) is 0 Å². The molecule has 3 aromatic carbocycles. The summed E-state index contributed by atoms with van der Waals surface area (Å²) in [5, 5.41) is 2.73. The van der Waals surface area contributed by atoms with Crippen LogP contribution in [0.15, 0.2) is 72.8 Å². The molecule has 0 fully saturated rings. The minimum Gasteiger partial charge on any atom is -0.489 e. The van der Waals surface area contributed by atoms with Crippen LogP contribution in [0.1, 0.15) is 16.7 Å². The van der Waals surface area contributed by atoms with Crippen molar-refractivity contribution in [2.45, 2.75) is 20.5 Å². The van der Waals surface area contributed by atoms with E-state index in [1.165, 1.54) is 0 Å². The van der Waals surface area contributed by atoms with Crippen LogP contribution in [0.25, 0.3) is 0 Å². The fourth-order valence-electron chi connectivity index (χ4n) is 2.84. The Kier molecular flexibility index (Phi) is 7.65. The number of carbonyl (C=O) groups excluding carboxylic acids is 2. The molecule has 0 bridgehead atoms. The smallest absolute Gasteiger partial charge is 0.344 e. The summed E-state index contributed by atoms with van der Waals surface area (Å²) in [4.78, 5) is 23.8. The number of anilines is 1. The van der Waals surface area contributed by atoms with Gasteiger partial charge in [-0.15, -0.1) is 0 Å². The van der Waals surface area contributed by atoms with Gasteiger partial charge >= 0.3 is 5.97 Å². The molecule has 160 valence electrons. The minimum atomic E-state index is -0.625. The third kappa shape index (κ3) is 7.19. The van der Waals surface area contributed by atoms with Gasteiger partial charge in [0.15, 0.2) is 13.2 Å². The van der Waals surface area contributed by atoms with Crippen molar-refractivity contribution in [3.63, 3.8) is 0 Å². The Morgan fingerprint density at radius 3 is 2.16 bits per heavy atom. The number of hydrogen-bond acceptors (Lipinski definition) is 5. The Morgan fingerprint density at radius 1 is 0.806 bits per heavy atom. The summed E-state index contributed by atoms with van der Waals surface area (Å²) >= 11 is 0. The summed E-state index contributed by atoms with van der Waals surface area (Å²) in [5.41, 5.74) is 3.82. The lowest BCUT2D eigenvalue weighted by Crippen LogP contribution is -2.24. The molecule has 3 aromatic rings. The standard InChI is InChI=1S/C25H25NO5/c1-18-8-13-23(19(2)14-18)26-24(27)16-31-25(28)17-30-22-11-9-21(10-12-22)29-15-20-6-4-3-5-7-20/h3-14H,15-17H2,1-2H3,(H,26,27). The maximum atomic E-state index is 12.0. The van der Waals surface area contributed by atoms with Crippen LogP contribution in [-0.2, 0) is 20.9 Å². The third-order valence-corrected chi connectivity index (χ3v) is 4.45. The highest BCUT2D eigenvalue weighted by Gasteiger charge is 2.10. The van der Waals surface area contributed by atoms with E-state index in [0.29, 0.717) is 23.8 Å². The van der Waals surface area contributed by atoms with Gasteiger partial charge in [0.1, 0.15) is 18.1 Å². The summed E-state index contributed by atoms with van der Waals surface area (Å²) < 4.78 is 16.1. The molecule has 0 aromatic heterocycles. The monoisotopic (exact) mass is 419 g/mol. The van der Waals surface area contributed by atoms with Gasteiger partial charge in [0.25, 0.3) is 5.91 Å². The van der Waals surface area contributed by atoms with Gasteiger partial charge in [-0.25, -0.2) is 4.79 Å². The fourth-order valence-corrected chi connectivity index (χ4v) is 2.84. The van der Waals surface area contributed by atoms with Crippen LogP contribution in [0.5, 0.6) is 11.5 Å². The van der Waals surface area contributed by atoms with Gasteiger partial charge < -0.3 is 19.5 Å². The Hall–Kier alpha value is -3.80. The van der Waals surface area contributed by atoms with E-state index >= 15 is 0 Å². The van der Waals surface area contributed by atoms with Crippen LogP contribution in [0, 0.1) is 13.8 Å². The Morgan fingerprint density at radius 2 is 1.48 bits per heavy atom. The zero-order chi connectivity index (χ0) is 22.1. The molecule has 0 spiro atoms. The summed E-state index contributed by atoms with van der Waals surface area (Å²) in [6, 6.07) is 22.5. The van der Waals surface area contributed by atoms with Crippen LogP contribution >= 0.6 is 0 Å². The molecule has 6 nitrogen and oxygen atoms in total. The zero-order valence-electron chi connectivity index (χ0n) is 17.6. The van der Waals surface area contributed by atoms with Gasteiger partial charge in [0.05, 0.1) is 0 Å². The first-order valence-electron chi connectivity index (χ1n) is 9.92. The average molecular weight is 419 g/mol. The quantitative estimate of drug-likeness (QED) is 0.519. The van der Waals surface area contributed by atoms with Gasteiger partial charge in [0, 0.05) is 5.69 Å². The van der Waals surface area contributed by atoms with Gasteiger partial charge in [-0.05, 0) is 55.3 Å². The molecule has 6 heteroatoms. The van der Waals surface area contributed by atoms with Crippen molar-refractivity contribution in [2.24, 2.45) is 0 Å². The summed E-state index contributed by atoms with van der Waals surface area (Å²) in [6.45, 7) is 3.69. The highest BCUT2D eigenvalue weighted by Crippen LogP contribution is 2.19. The van der Waals surface area contributed by atoms with Crippen molar-refractivity contribution in [1.82, 2.24) is 0 Å². The molecule has 1 amide bonds. The Bertz CT molecular complexity index is 1020. The van der Waals surface area contributed by atoms with Crippen molar-refractivity contribution in [1.29, 1.82) is 0 Å².